The molecule has 2 aromatic carbocycles. The van der Waals surface area contributed by atoms with E-state index in [2.05, 4.69) is 15.5 Å². The van der Waals surface area contributed by atoms with Crippen LogP contribution in [-0.2, 0) is 36.7 Å². The van der Waals surface area contributed by atoms with Gasteiger partial charge in [0.15, 0.2) is 5.78 Å². The van der Waals surface area contributed by atoms with Gasteiger partial charge in [0.2, 0.25) is 5.91 Å². The zero-order valence-electron chi connectivity index (χ0n) is 22.4. The summed E-state index contributed by atoms with van der Waals surface area (Å²) in [6.07, 6.45) is 0.862. The minimum absolute atomic E-state index is 0.0298. The first-order valence-electron chi connectivity index (χ1n) is 13.5. The summed E-state index contributed by atoms with van der Waals surface area (Å²) in [5, 5.41) is 6.30. The van der Waals surface area contributed by atoms with Gasteiger partial charge in [0, 0.05) is 32.1 Å². The van der Waals surface area contributed by atoms with E-state index >= 15 is 0 Å². The fraction of sp³-hybridized carbons (Fsp3) is 0.500. The summed E-state index contributed by atoms with van der Waals surface area (Å²) in [4.78, 5) is 42.4. The molecular formula is C30H39N3O5. The SMILES string of the molecule is C[C@H](NCN1CCOCC1)C(=O)C[C@@H](Cc1ccccc1)C(=O)N[C@@H](Cc1ccccc1)C(=O)[C@@]1(C)CO1. The summed E-state index contributed by atoms with van der Waals surface area (Å²) < 4.78 is 10.8. The number of ether oxygens (including phenoxy) is 2. The van der Waals surface area contributed by atoms with Crippen molar-refractivity contribution in [3.63, 3.8) is 0 Å². The van der Waals surface area contributed by atoms with Crippen molar-refractivity contribution in [2.75, 3.05) is 39.6 Å². The topological polar surface area (TPSA) is 100 Å². The van der Waals surface area contributed by atoms with Crippen LogP contribution in [0, 0.1) is 5.92 Å². The molecule has 1 amide bonds. The van der Waals surface area contributed by atoms with Crippen LogP contribution in [0.1, 0.15) is 31.4 Å². The molecule has 2 aliphatic heterocycles. The van der Waals surface area contributed by atoms with E-state index in [0.29, 0.717) is 39.3 Å². The van der Waals surface area contributed by atoms with Gasteiger partial charge in [-0.15, -0.1) is 0 Å². The first-order valence-corrected chi connectivity index (χ1v) is 13.5. The Morgan fingerprint density at radius 3 is 2.11 bits per heavy atom. The number of amides is 1. The fourth-order valence-corrected chi connectivity index (χ4v) is 4.68. The van der Waals surface area contributed by atoms with Gasteiger partial charge in [-0.25, -0.2) is 0 Å². The standard InChI is InChI=1S/C30H39N3O5/c1-22(31-21-33-13-15-37-16-14-33)27(34)19-25(17-23-9-5-3-6-10-23)29(36)32-26(28(35)30(2)20-38-30)18-24-11-7-4-8-12-24/h3-12,22,25-26,31H,13-21H2,1-2H3,(H,32,36)/t22-,25+,26-,30+/m0/s1. The molecule has 0 aliphatic carbocycles. The molecule has 2 N–H and O–H groups in total. The van der Waals surface area contributed by atoms with Crippen LogP contribution in [0.5, 0.6) is 0 Å². The molecule has 4 rings (SSSR count). The van der Waals surface area contributed by atoms with Crippen molar-refractivity contribution in [2.24, 2.45) is 5.92 Å². The smallest absolute Gasteiger partial charge is 0.224 e. The Bertz CT molecular complexity index is 1070. The first kappa shape index (κ1) is 28.1. The van der Waals surface area contributed by atoms with Gasteiger partial charge in [0.25, 0.3) is 0 Å². The molecule has 2 saturated heterocycles. The quantitative estimate of drug-likeness (QED) is 0.368. The average molecular weight is 522 g/mol. The van der Waals surface area contributed by atoms with Crippen LogP contribution >= 0.6 is 0 Å². The number of ketones is 2. The zero-order valence-corrected chi connectivity index (χ0v) is 22.4. The highest BCUT2D eigenvalue weighted by atomic mass is 16.6. The summed E-state index contributed by atoms with van der Waals surface area (Å²) in [6.45, 7) is 7.58. The summed E-state index contributed by atoms with van der Waals surface area (Å²) >= 11 is 0. The van der Waals surface area contributed by atoms with Crippen LogP contribution < -0.4 is 10.6 Å². The van der Waals surface area contributed by atoms with Crippen molar-refractivity contribution in [1.82, 2.24) is 15.5 Å². The second kappa shape index (κ2) is 13.2. The number of nitrogens with one attached hydrogen (secondary N) is 2. The second-order valence-corrected chi connectivity index (χ2v) is 10.5. The molecule has 0 aromatic heterocycles. The molecule has 0 spiro atoms. The lowest BCUT2D eigenvalue weighted by Gasteiger charge is -2.28. The molecule has 4 atom stereocenters. The molecule has 8 nitrogen and oxygen atoms in total. The summed E-state index contributed by atoms with van der Waals surface area (Å²) in [5.41, 5.74) is 1.06. The third-order valence-corrected chi connectivity index (χ3v) is 7.37. The largest absolute Gasteiger partial charge is 0.379 e. The van der Waals surface area contributed by atoms with Crippen molar-refractivity contribution >= 4 is 17.5 Å². The number of carbonyl (C=O) groups is 3. The molecule has 2 heterocycles. The Hall–Kier alpha value is -2.91. The van der Waals surface area contributed by atoms with Crippen molar-refractivity contribution in [1.29, 1.82) is 0 Å². The summed E-state index contributed by atoms with van der Waals surface area (Å²) in [6, 6.07) is 18.2. The van der Waals surface area contributed by atoms with E-state index in [-0.39, 0.29) is 23.9 Å². The lowest BCUT2D eigenvalue weighted by molar-refractivity contribution is -0.134. The van der Waals surface area contributed by atoms with E-state index in [9.17, 15) is 14.4 Å². The van der Waals surface area contributed by atoms with Gasteiger partial charge < -0.3 is 14.8 Å². The molecule has 38 heavy (non-hydrogen) atoms. The van der Waals surface area contributed by atoms with Crippen molar-refractivity contribution in [2.45, 2.75) is 50.8 Å². The molecule has 2 fully saturated rings. The molecule has 8 heteroatoms. The lowest BCUT2D eigenvalue weighted by Crippen LogP contribution is -2.50. The molecule has 0 saturated carbocycles. The lowest BCUT2D eigenvalue weighted by atomic mass is 9.90. The van der Waals surface area contributed by atoms with Crippen LogP contribution in [0.2, 0.25) is 0 Å². The second-order valence-electron chi connectivity index (χ2n) is 10.5. The maximum atomic E-state index is 13.7. The minimum atomic E-state index is -0.866. The molecule has 0 bridgehead atoms. The van der Waals surface area contributed by atoms with Crippen molar-refractivity contribution in [3.05, 3.63) is 71.8 Å². The Kier molecular flexibility index (Phi) is 9.80. The Morgan fingerprint density at radius 2 is 1.53 bits per heavy atom. The van der Waals surface area contributed by atoms with Gasteiger partial charge in [0.05, 0.1) is 31.9 Å². The Balaban J connectivity index is 1.44. The number of carbonyl (C=O) groups excluding carboxylic acids is 3. The number of epoxide rings is 1. The summed E-state index contributed by atoms with van der Waals surface area (Å²) in [7, 11) is 0. The Morgan fingerprint density at radius 1 is 0.947 bits per heavy atom. The predicted octanol–water partition coefficient (Wildman–Crippen LogP) is 2.16. The van der Waals surface area contributed by atoms with Crippen LogP contribution in [0.3, 0.4) is 0 Å². The number of Topliss-reactive ketones (excluding diaryl/α,β-unsaturated/α-hetero) is 2. The van der Waals surface area contributed by atoms with Gasteiger partial charge >= 0.3 is 0 Å². The zero-order chi connectivity index (χ0) is 27.0. The van der Waals surface area contributed by atoms with E-state index < -0.39 is 23.6 Å². The molecular weight excluding hydrogens is 482 g/mol. The average Bonchev–Trinajstić information content (AvgIpc) is 3.70. The van der Waals surface area contributed by atoms with Gasteiger partial charge in [0.1, 0.15) is 11.4 Å². The monoisotopic (exact) mass is 521 g/mol. The van der Waals surface area contributed by atoms with Gasteiger partial charge in [-0.1, -0.05) is 60.7 Å². The number of hydrogen-bond donors (Lipinski definition) is 2. The number of benzene rings is 2. The van der Waals surface area contributed by atoms with E-state index in [4.69, 9.17) is 9.47 Å². The highest BCUT2D eigenvalue weighted by Crippen LogP contribution is 2.29. The highest BCUT2D eigenvalue weighted by molar-refractivity contribution is 5.97. The first-order chi connectivity index (χ1) is 18.3. The maximum absolute atomic E-state index is 13.7. The number of morpholine rings is 1. The summed E-state index contributed by atoms with van der Waals surface area (Å²) in [5.74, 6) is -1.06. The minimum Gasteiger partial charge on any atom is -0.379 e. The molecule has 2 aromatic rings. The Labute approximate surface area is 225 Å². The van der Waals surface area contributed by atoms with Gasteiger partial charge in [-0.2, -0.15) is 0 Å². The number of nitrogens with zero attached hydrogens (tertiary/aromatic N) is 1. The van der Waals surface area contributed by atoms with Crippen LogP contribution in [0.15, 0.2) is 60.7 Å². The maximum Gasteiger partial charge on any atom is 0.224 e. The van der Waals surface area contributed by atoms with E-state index in [1.807, 2.05) is 67.6 Å². The molecule has 0 radical (unpaired) electrons. The van der Waals surface area contributed by atoms with E-state index in [1.165, 1.54) is 0 Å². The highest BCUT2D eigenvalue weighted by Gasteiger charge is 2.50. The van der Waals surface area contributed by atoms with Gasteiger partial charge in [-0.05, 0) is 37.8 Å². The number of hydrogen-bond acceptors (Lipinski definition) is 7. The third-order valence-electron chi connectivity index (χ3n) is 7.37. The van der Waals surface area contributed by atoms with E-state index in [0.717, 1.165) is 24.2 Å². The molecule has 0 unspecified atom stereocenters. The van der Waals surface area contributed by atoms with Crippen LogP contribution in [0.25, 0.3) is 0 Å². The van der Waals surface area contributed by atoms with Gasteiger partial charge in [-0.3, -0.25) is 24.6 Å². The molecule has 204 valence electrons. The van der Waals surface area contributed by atoms with Crippen molar-refractivity contribution in [3.8, 4) is 0 Å². The van der Waals surface area contributed by atoms with Crippen LogP contribution in [0.4, 0.5) is 0 Å². The third kappa shape index (κ3) is 8.04. The number of rotatable bonds is 14. The fourth-order valence-electron chi connectivity index (χ4n) is 4.68. The van der Waals surface area contributed by atoms with Crippen LogP contribution in [-0.4, -0.2) is 79.6 Å². The predicted molar refractivity (Wildman–Crippen MR) is 145 cm³/mol. The van der Waals surface area contributed by atoms with E-state index in [1.54, 1.807) is 6.92 Å². The van der Waals surface area contributed by atoms with Crippen molar-refractivity contribution < 1.29 is 23.9 Å². The molecule has 2 aliphatic rings. The normalized spacial score (nSPS) is 21.7.